The highest BCUT2D eigenvalue weighted by molar-refractivity contribution is 6.05. The van der Waals surface area contributed by atoms with E-state index in [2.05, 4.69) is 15.6 Å². The Balaban J connectivity index is 1.45. The molecular formula is C25H24N4O3. The Morgan fingerprint density at radius 3 is 2.66 bits per heavy atom. The van der Waals surface area contributed by atoms with E-state index < -0.39 is 0 Å². The normalized spacial score (nSPS) is 10.7. The first-order valence-corrected chi connectivity index (χ1v) is 10.4. The fourth-order valence-electron chi connectivity index (χ4n) is 3.30. The zero-order valence-corrected chi connectivity index (χ0v) is 18.0. The van der Waals surface area contributed by atoms with Crippen LogP contribution >= 0.6 is 0 Å². The molecule has 7 nitrogen and oxygen atoms in total. The largest absolute Gasteiger partial charge is 0.487 e. The van der Waals surface area contributed by atoms with E-state index in [4.69, 9.17) is 4.74 Å². The molecule has 2 aromatic carbocycles. The summed E-state index contributed by atoms with van der Waals surface area (Å²) in [6.45, 7) is 4.57. The van der Waals surface area contributed by atoms with Gasteiger partial charge >= 0.3 is 0 Å². The van der Waals surface area contributed by atoms with Crippen molar-refractivity contribution in [2.45, 2.75) is 20.5 Å². The number of hydrogen-bond acceptors (Lipinski definition) is 4. The summed E-state index contributed by atoms with van der Waals surface area (Å²) < 4.78 is 7.79. The lowest BCUT2D eigenvalue weighted by Crippen LogP contribution is -2.23. The highest BCUT2D eigenvalue weighted by Crippen LogP contribution is 2.20. The smallest absolute Gasteiger partial charge is 0.255 e. The summed E-state index contributed by atoms with van der Waals surface area (Å²) in [5.41, 5.74) is 4.06. The molecule has 0 aliphatic heterocycles. The van der Waals surface area contributed by atoms with Crippen molar-refractivity contribution in [2.24, 2.45) is 0 Å². The standard InChI is InChI=1S/C25H24N4O3/c1-3-26-24(30)19-11-10-17(2)22(14-19)28-25(31)18-7-6-8-21(13-18)32-16-20-15-29-12-5-4-9-23(29)27-20/h4-15H,3,16H2,1-2H3,(H,26,30)(H,28,31). The van der Waals surface area contributed by atoms with Crippen molar-refractivity contribution in [3.63, 3.8) is 0 Å². The third kappa shape index (κ3) is 4.78. The van der Waals surface area contributed by atoms with Crippen LogP contribution < -0.4 is 15.4 Å². The summed E-state index contributed by atoms with van der Waals surface area (Å²) in [6, 6.07) is 18.0. The molecule has 162 valence electrons. The average Bonchev–Trinajstić information content (AvgIpc) is 3.22. The van der Waals surface area contributed by atoms with Crippen molar-refractivity contribution in [3.05, 3.63) is 95.4 Å². The van der Waals surface area contributed by atoms with Gasteiger partial charge in [0.25, 0.3) is 11.8 Å². The monoisotopic (exact) mass is 428 g/mol. The van der Waals surface area contributed by atoms with Crippen LogP contribution in [-0.2, 0) is 6.61 Å². The van der Waals surface area contributed by atoms with Crippen LogP contribution in [0.1, 0.15) is 38.9 Å². The van der Waals surface area contributed by atoms with E-state index in [9.17, 15) is 9.59 Å². The maximum atomic E-state index is 12.8. The molecule has 0 atom stereocenters. The number of benzene rings is 2. The molecule has 0 fully saturated rings. The highest BCUT2D eigenvalue weighted by Gasteiger charge is 2.12. The van der Waals surface area contributed by atoms with E-state index in [1.54, 1.807) is 36.4 Å². The quantitative estimate of drug-likeness (QED) is 0.462. The van der Waals surface area contributed by atoms with Gasteiger partial charge in [0.05, 0.1) is 5.69 Å². The minimum absolute atomic E-state index is 0.176. The van der Waals surface area contributed by atoms with Crippen LogP contribution in [-0.4, -0.2) is 27.7 Å². The summed E-state index contributed by atoms with van der Waals surface area (Å²) in [5.74, 6) is 0.118. The number of aromatic nitrogens is 2. The fourth-order valence-corrected chi connectivity index (χ4v) is 3.30. The molecule has 0 radical (unpaired) electrons. The fraction of sp³-hybridized carbons (Fsp3) is 0.160. The molecule has 2 N–H and O–H groups in total. The number of fused-ring (bicyclic) bond motifs is 1. The van der Waals surface area contributed by atoms with Gasteiger partial charge in [-0.3, -0.25) is 9.59 Å². The van der Waals surface area contributed by atoms with E-state index >= 15 is 0 Å². The van der Waals surface area contributed by atoms with Gasteiger partial charge in [0.2, 0.25) is 0 Å². The van der Waals surface area contributed by atoms with Crippen LogP contribution in [0.2, 0.25) is 0 Å². The van der Waals surface area contributed by atoms with Crippen LogP contribution in [0.25, 0.3) is 5.65 Å². The molecule has 0 bridgehead atoms. The summed E-state index contributed by atoms with van der Waals surface area (Å²) in [5, 5.41) is 5.65. The van der Waals surface area contributed by atoms with Gasteiger partial charge in [-0.05, 0) is 61.9 Å². The average molecular weight is 428 g/mol. The maximum absolute atomic E-state index is 12.8. The first kappa shape index (κ1) is 21.1. The molecule has 32 heavy (non-hydrogen) atoms. The summed E-state index contributed by atoms with van der Waals surface area (Å²) in [6.07, 6.45) is 3.84. The van der Waals surface area contributed by atoms with E-state index in [0.717, 1.165) is 16.9 Å². The first-order valence-electron chi connectivity index (χ1n) is 10.4. The van der Waals surface area contributed by atoms with Crippen LogP contribution in [0.3, 0.4) is 0 Å². The van der Waals surface area contributed by atoms with Crippen molar-refractivity contribution < 1.29 is 14.3 Å². The van der Waals surface area contributed by atoms with Gasteiger partial charge in [0.1, 0.15) is 18.0 Å². The molecule has 4 aromatic rings. The Morgan fingerprint density at radius 1 is 1.00 bits per heavy atom. The number of ether oxygens (including phenoxy) is 1. The highest BCUT2D eigenvalue weighted by atomic mass is 16.5. The van der Waals surface area contributed by atoms with Crippen molar-refractivity contribution in [2.75, 3.05) is 11.9 Å². The van der Waals surface area contributed by atoms with Gasteiger partial charge < -0.3 is 19.8 Å². The Labute approximate surface area is 186 Å². The molecule has 0 spiro atoms. The summed E-state index contributed by atoms with van der Waals surface area (Å²) in [4.78, 5) is 29.5. The van der Waals surface area contributed by atoms with Crippen LogP contribution in [0, 0.1) is 6.92 Å². The van der Waals surface area contributed by atoms with Crippen molar-refractivity contribution in [1.82, 2.24) is 14.7 Å². The molecule has 0 aliphatic rings. The van der Waals surface area contributed by atoms with E-state index in [1.807, 2.05) is 54.9 Å². The van der Waals surface area contributed by atoms with Gasteiger partial charge in [-0.15, -0.1) is 0 Å². The lowest BCUT2D eigenvalue weighted by atomic mass is 10.1. The van der Waals surface area contributed by atoms with E-state index in [1.165, 1.54) is 0 Å². The number of carbonyl (C=O) groups is 2. The van der Waals surface area contributed by atoms with Crippen LogP contribution in [0.5, 0.6) is 5.75 Å². The Morgan fingerprint density at radius 2 is 1.84 bits per heavy atom. The van der Waals surface area contributed by atoms with Crippen molar-refractivity contribution in [1.29, 1.82) is 0 Å². The van der Waals surface area contributed by atoms with Crippen LogP contribution in [0.15, 0.2) is 73.1 Å². The molecule has 2 aromatic heterocycles. The van der Waals surface area contributed by atoms with Gasteiger partial charge in [-0.2, -0.15) is 0 Å². The van der Waals surface area contributed by atoms with E-state index in [0.29, 0.717) is 35.7 Å². The third-order valence-electron chi connectivity index (χ3n) is 4.98. The second-order valence-electron chi connectivity index (χ2n) is 7.36. The number of hydrogen-bond donors (Lipinski definition) is 2. The van der Waals surface area contributed by atoms with Gasteiger partial charge in [-0.25, -0.2) is 4.98 Å². The van der Waals surface area contributed by atoms with Crippen LogP contribution in [0.4, 0.5) is 5.69 Å². The number of pyridine rings is 1. The maximum Gasteiger partial charge on any atom is 0.255 e. The Kier molecular flexibility index (Phi) is 6.17. The first-order chi connectivity index (χ1) is 15.5. The van der Waals surface area contributed by atoms with Gasteiger partial charge in [0.15, 0.2) is 0 Å². The number of anilines is 1. The SMILES string of the molecule is CCNC(=O)c1ccc(C)c(NC(=O)c2cccc(OCc3cn4ccccc4n3)c2)c1. The molecule has 0 saturated heterocycles. The third-order valence-corrected chi connectivity index (χ3v) is 4.98. The number of aryl methyl sites for hydroxylation is 1. The lowest BCUT2D eigenvalue weighted by Gasteiger charge is -2.11. The zero-order valence-electron chi connectivity index (χ0n) is 18.0. The number of amides is 2. The number of rotatable bonds is 7. The Hall–Kier alpha value is -4.13. The second kappa shape index (κ2) is 9.34. The molecule has 0 aliphatic carbocycles. The number of nitrogens with zero attached hydrogens (tertiary/aromatic N) is 2. The molecule has 7 heteroatoms. The molecular weight excluding hydrogens is 404 g/mol. The predicted octanol–water partition coefficient (Wildman–Crippen LogP) is 4.22. The predicted molar refractivity (Wildman–Crippen MR) is 123 cm³/mol. The molecule has 0 unspecified atom stereocenters. The Bertz CT molecular complexity index is 1250. The molecule has 2 heterocycles. The number of nitrogens with one attached hydrogen (secondary N) is 2. The van der Waals surface area contributed by atoms with Crippen molar-refractivity contribution >= 4 is 23.1 Å². The summed E-state index contributed by atoms with van der Waals surface area (Å²) in [7, 11) is 0. The lowest BCUT2D eigenvalue weighted by molar-refractivity contribution is 0.0954. The molecule has 0 saturated carbocycles. The molecule has 4 rings (SSSR count). The van der Waals surface area contributed by atoms with E-state index in [-0.39, 0.29) is 11.8 Å². The number of imidazole rings is 1. The minimum Gasteiger partial charge on any atom is -0.487 e. The van der Waals surface area contributed by atoms with Gasteiger partial charge in [-0.1, -0.05) is 18.2 Å². The van der Waals surface area contributed by atoms with Crippen molar-refractivity contribution in [3.8, 4) is 5.75 Å². The zero-order chi connectivity index (χ0) is 22.5. The van der Waals surface area contributed by atoms with Gasteiger partial charge in [0, 0.05) is 35.8 Å². The second-order valence-corrected chi connectivity index (χ2v) is 7.36. The number of carbonyl (C=O) groups excluding carboxylic acids is 2. The molecule has 2 amide bonds. The minimum atomic E-state index is -0.278. The summed E-state index contributed by atoms with van der Waals surface area (Å²) >= 11 is 0. The topological polar surface area (TPSA) is 84.7 Å².